The van der Waals surface area contributed by atoms with Gasteiger partial charge in [-0.3, -0.25) is 4.57 Å². The van der Waals surface area contributed by atoms with Crippen molar-refractivity contribution in [1.82, 2.24) is 19.7 Å². The minimum absolute atomic E-state index is 0.0726. The van der Waals surface area contributed by atoms with Crippen molar-refractivity contribution >= 4 is 11.8 Å². The zero-order valence-electron chi connectivity index (χ0n) is 13.7. The molecule has 0 aliphatic rings. The van der Waals surface area contributed by atoms with Crippen LogP contribution >= 0.6 is 11.8 Å². The van der Waals surface area contributed by atoms with E-state index >= 15 is 0 Å². The Hall–Kier alpha value is -3.18. The van der Waals surface area contributed by atoms with Crippen molar-refractivity contribution < 1.29 is 9.13 Å². The summed E-state index contributed by atoms with van der Waals surface area (Å²) in [4.78, 5) is 4.21. The number of hydrogen-bond acceptors (Lipinski definition) is 6. The molecule has 8 heteroatoms. The van der Waals surface area contributed by atoms with Crippen LogP contribution in [0.1, 0.15) is 11.4 Å². The van der Waals surface area contributed by atoms with Crippen LogP contribution in [0.3, 0.4) is 0 Å². The minimum Gasteiger partial charge on any atom is -0.483 e. The van der Waals surface area contributed by atoms with E-state index in [0.717, 1.165) is 0 Å². The van der Waals surface area contributed by atoms with Crippen molar-refractivity contribution in [2.24, 2.45) is 0 Å². The van der Waals surface area contributed by atoms with Crippen LogP contribution in [0.2, 0.25) is 0 Å². The first kappa shape index (κ1) is 17.6. The quantitative estimate of drug-likeness (QED) is 0.594. The van der Waals surface area contributed by atoms with Crippen molar-refractivity contribution in [3.8, 4) is 11.8 Å². The van der Waals surface area contributed by atoms with Gasteiger partial charge in [-0.1, -0.05) is 18.2 Å². The van der Waals surface area contributed by atoms with E-state index in [4.69, 9.17) is 10.00 Å². The summed E-state index contributed by atoms with van der Waals surface area (Å²) in [7, 11) is 0. The minimum atomic E-state index is -0.432. The van der Waals surface area contributed by atoms with Crippen LogP contribution in [0.15, 0.2) is 65.4 Å². The topological polar surface area (TPSA) is 76.6 Å². The molecule has 0 saturated carbocycles. The Balaban J connectivity index is 1.78. The monoisotopic (exact) mass is 367 g/mol. The van der Waals surface area contributed by atoms with Crippen LogP contribution in [0.4, 0.5) is 4.39 Å². The first-order chi connectivity index (χ1) is 12.7. The number of nitrogens with zero attached hydrogens (tertiary/aromatic N) is 5. The second-order valence-corrected chi connectivity index (χ2v) is 6.10. The highest BCUT2D eigenvalue weighted by Crippen LogP contribution is 2.26. The van der Waals surface area contributed by atoms with Gasteiger partial charge in [0.2, 0.25) is 0 Å². The Morgan fingerprint density at radius 1 is 1.27 bits per heavy atom. The highest BCUT2D eigenvalue weighted by Gasteiger charge is 2.14. The predicted octanol–water partition coefficient (Wildman–Crippen LogP) is 3.60. The van der Waals surface area contributed by atoms with Crippen LogP contribution in [0.5, 0.6) is 5.75 Å². The number of benzene rings is 1. The lowest BCUT2D eigenvalue weighted by Gasteiger charge is -2.09. The predicted molar refractivity (Wildman–Crippen MR) is 94.0 cm³/mol. The molecule has 130 valence electrons. The average molecular weight is 367 g/mol. The van der Waals surface area contributed by atoms with Gasteiger partial charge in [0.05, 0.1) is 5.56 Å². The lowest BCUT2D eigenvalue weighted by atomic mass is 10.3. The third kappa shape index (κ3) is 4.07. The Kier molecular flexibility index (Phi) is 5.61. The number of pyridine rings is 1. The highest BCUT2D eigenvalue weighted by molar-refractivity contribution is 7.99. The van der Waals surface area contributed by atoms with Crippen molar-refractivity contribution in [1.29, 1.82) is 5.26 Å². The molecule has 0 amide bonds. The number of ether oxygens (including phenoxy) is 1. The van der Waals surface area contributed by atoms with E-state index < -0.39 is 5.82 Å². The van der Waals surface area contributed by atoms with Gasteiger partial charge in [0.1, 0.15) is 17.7 Å². The van der Waals surface area contributed by atoms with E-state index in [2.05, 4.69) is 21.8 Å². The largest absolute Gasteiger partial charge is 0.483 e. The van der Waals surface area contributed by atoms with Gasteiger partial charge in [0, 0.05) is 12.7 Å². The van der Waals surface area contributed by atoms with Crippen LogP contribution in [-0.2, 0) is 13.2 Å². The van der Waals surface area contributed by atoms with E-state index in [0.29, 0.717) is 28.1 Å². The maximum absolute atomic E-state index is 13.7. The van der Waals surface area contributed by atoms with Crippen molar-refractivity contribution in [2.75, 3.05) is 0 Å². The van der Waals surface area contributed by atoms with Crippen LogP contribution in [-0.4, -0.2) is 19.7 Å². The number of rotatable bonds is 7. The van der Waals surface area contributed by atoms with Crippen LogP contribution in [0.25, 0.3) is 0 Å². The van der Waals surface area contributed by atoms with Gasteiger partial charge in [-0.25, -0.2) is 9.37 Å². The van der Waals surface area contributed by atoms with Gasteiger partial charge in [-0.05, 0) is 36.0 Å². The van der Waals surface area contributed by atoms with Crippen molar-refractivity contribution in [2.45, 2.75) is 23.3 Å². The fourth-order valence-corrected chi connectivity index (χ4v) is 2.92. The summed E-state index contributed by atoms with van der Waals surface area (Å²) in [5.74, 6) is 0.270. The number of nitriles is 1. The van der Waals surface area contributed by atoms with Gasteiger partial charge < -0.3 is 4.74 Å². The summed E-state index contributed by atoms with van der Waals surface area (Å²) < 4.78 is 21.0. The molecule has 0 radical (unpaired) electrons. The number of hydrogen-bond donors (Lipinski definition) is 0. The van der Waals surface area contributed by atoms with Crippen molar-refractivity contribution in [3.05, 3.63) is 72.5 Å². The highest BCUT2D eigenvalue weighted by atomic mass is 32.2. The van der Waals surface area contributed by atoms with Crippen LogP contribution in [0, 0.1) is 17.1 Å². The van der Waals surface area contributed by atoms with Crippen LogP contribution < -0.4 is 4.74 Å². The molecular weight excluding hydrogens is 353 g/mol. The summed E-state index contributed by atoms with van der Waals surface area (Å²) >= 11 is 1.31. The molecule has 6 nitrogen and oxygen atoms in total. The molecule has 0 atom stereocenters. The zero-order valence-corrected chi connectivity index (χ0v) is 14.5. The molecule has 1 aromatic carbocycles. The van der Waals surface area contributed by atoms with Gasteiger partial charge in [-0.15, -0.1) is 16.8 Å². The third-order valence-electron chi connectivity index (χ3n) is 3.36. The maximum atomic E-state index is 13.7. The van der Waals surface area contributed by atoms with Gasteiger partial charge in [-0.2, -0.15) is 5.26 Å². The SMILES string of the molecule is C=CCn1c(COc2ccccc2F)nnc1Sc1ccc(C#N)cn1. The first-order valence-corrected chi connectivity index (χ1v) is 8.47. The smallest absolute Gasteiger partial charge is 0.197 e. The Labute approximate surface area is 154 Å². The summed E-state index contributed by atoms with van der Waals surface area (Å²) in [6.45, 7) is 4.29. The molecule has 0 N–H and O–H groups in total. The summed E-state index contributed by atoms with van der Waals surface area (Å²) in [6, 6.07) is 11.6. The van der Waals surface area contributed by atoms with Crippen molar-refractivity contribution in [3.63, 3.8) is 0 Å². The molecule has 2 aromatic heterocycles. The molecule has 2 heterocycles. The second-order valence-electron chi connectivity index (χ2n) is 5.12. The zero-order chi connectivity index (χ0) is 18.4. The molecule has 3 aromatic rings. The molecule has 0 aliphatic heterocycles. The molecule has 0 bridgehead atoms. The van der Waals surface area contributed by atoms with E-state index in [1.165, 1.54) is 24.0 Å². The summed E-state index contributed by atoms with van der Waals surface area (Å²) in [5, 5.41) is 18.4. The molecule has 0 aliphatic carbocycles. The normalized spacial score (nSPS) is 10.3. The first-order valence-electron chi connectivity index (χ1n) is 7.65. The fourth-order valence-electron chi connectivity index (χ4n) is 2.12. The standard InChI is InChI=1S/C18H14FN5OS/c1-2-9-24-16(12-25-15-6-4-3-5-14(15)19)22-23-18(24)26-17-8-7-13(10-20)11-21-17/h2-8,11H,1,9,12H2. The number of halogens is 1. The molecule has 0 unspecified atom stereocenters. The number of allylic oxidation sites excluding steroid dienone is 1. The number of aromatic nitrogens is 4. The second kappa shape index (κ2) is 8.27. The average Bonchev–Trinajstić information content (AvgIpc) is 3.04. The number of para-hydroxylation sites is 1. The molecule has 0 saturated heterocycles. The molecule has 0 fully saturated rings. The van der Waals surface area contributed by atoms with Gasteiger partial charge >= 0.3 is 0 Å². The van der Waals surface area contributed by atoms with E-state index in [9.17, 15) is 4.39 Å². The Bertz CT molecular complexity index is 949. The molecular formula is C18H14FN5OS. The lowest BCUT2D eigenvalue weighted by molar-refractivity contribution is 0.275. The van der Waals surface area contributed by atoms with Gasteiger partial charge in [0.15, 0.2) is 22.5 Å². The molecule has 3 rings (SSSR count). The Morgan fingerprint density at radius 2 is 2.12 bits per heavy atom. The third-order valence-corrected chi connectivity index (χ3v) is 4.30. The van der Waals surface area contributed by atoms with Gasteiger partial charge in [0.25, 0.3) is 0 Å². The maximum Gasteiger partial charge on any atom is 0.197 e. The lowest BCUT2D eigenvalue weighted by Crippen LogP contribution is -2.08. The fraction of sp³-hybridized carbons (Fsp3) is 0.111. The van der Waals surface area contributed by atoms with E-state index in [1.807, 2.05) is 10.6 Å². The molecule has 0 spiro atoms. The van der Waals surface area contributed by atoms with E-state index in [1.54, 1.807) is 36.4 Å². The Morgan fingerprint density at radius 3 is 2.81 bits per heavy atom. The summed E-state index contributed by atoms with van der Waals surface area (Å²) in [6.07, 6.45) is 3.21. The summed E-state index contributed by atoms with van der Waals surface area (Å²) in [5.41, 5.74) is 0.487. The molecule has 26 heavy (non-hydrogen) atoms. The van der Waals surface area contributed by atoms with E-state index in [-0.39, 0.29) is 12.4 Å².